The number of benzene rings is 2. The highest BCUT2D eigenvalue weighted by molar-refractivity contribution is 5.69. The normalized spacial score (nSPS) is 16.8. The minimum absolute atomic E-state index is 0.0891. The number of nitrogens with one attached hydrogen (secondary N) is 1. The molecular formula is C20H27N4O3+. The van der Waals surface area contributed by atoms with Gasteiger partial charge in [0.05, 0.1) is 24.6 Å². The van der Waals surface area contributed by atoms with Crippen molar-refractivity contribution in [3.05, 3.63) is 58.1 Å². The zero-order valence-corrected chi connectivity index (χ0v) is 15.9. The molecule has 3 N–H and O–H groups in total. The van der Waals surface area contributed by atoms with Gasteiger partial charge in [-0.2, -0.15) is 0 Å². The topological polar surface area (TPSA) is 84.2 Å². The molecule has 144 valence electrons. The lowest BCUT2D eigenvalue weighted by Gasteiger charge is -2.31. The number of ether oxygens (including phenoxy) is 1. The fraction of sp³-hybridized carbons (Fsp3) is 0.400. The predicted octanol–water partition coefficient (Wildman–Crippen LogP) is 2.17. The Balaban J connectivity index is 1.66. The van der Waals surface area contributed by atoms with Gasteiger partial charge in [-0.15, -0.1) is 0 Å². The summed E-state index contributed by atoms with van der Waals surface area (Å²) in [5.41, 5.74) is 2.71. The van der Waals surface area contributed by atoms with Crippen LogP contribution in [-0.2, 0) is 0 Å². The lowest BCUT2D eigenvalue weighted by Crippen LogP contribution is -2.94. The highest BCUT2D eigenvalue weighted by Crippen LogP contribution is 2.29. The molecule has 3 rings (SSSR count). The number of para-hydroxylation sites is 1. The number of anilines is 2. The maximum absolute atomic E-state index is 11.4. The monoisotopic (exact) mass is 371 g/mol. The van der Waals surface area contributed by atoms with Gasteiger partial charge < -0.3 is 20.3 Å². The predicted molar refractivity (Wildman–Crippen MR) is 107 cm³/mol. The van der Waals surface area contributed by atoms with Crippen molar-refractivity contribution in [1.29, 1.82) is 0 Å². The van der Waals surface area contributed by atoms with Crippen molar-refractivity contribution in [3.63, 3.8) is 0 Å². The number of hydrogen-bond donors (Lipinski definition) is 2. The van der Waals surface area contributed by atoms with E-state index in [0.717, 1.165) is 36.6 Å². The molecule has 0 aromatic heterocycles. The van der Waals surface area contributed by atoms with Gasteiger partial charge in [0.1, 0.15) is 24.1 Å². The van der Waals surface area contributed by atoms with Gasteiger partial charge in [-0.25, -0.2) is 0 Å². The fourth-order valence-electron chi connectivity index (χ4n) is 3.35. The van der Waals surface area contributed by atoms with E-state index in [9.17, 15) is 10.1 Å². The first kappa shape index (κ1) is 19.0. The molecule has 1 fully saturated rings. The van der Waals surface area contributed by atoms with E-state index in [1.807, 2.05) is 43.3 Å². The van der Waals surface area contributed by atoms with E-state index in [1.165, 1.54) is 0 Å². The zero-order valence-electron chi connectivity index (χ0n) is 15.9. The molecule has 1 aliphatic rings. The van der Waals surface area contributed by atoms with E-state index < -0.39 is 0 Å². The van der Waals surface area contributed by atoms with Crippen LogP contribution in [0.2, 0.25) is 0 Å². The second-order valence-electron chi connectivity index (χ2n) is 6.95. The Labute approximate surface area is 159 Å². The number of nitrogens with zero attached hydrogens (tertiary/aromatic N) is 2. The smallest absolute Gasteiger partial charge is 0.292 e. The Hall–Kier alpha value is -2.80. The molecule has 1 aliphatic heterocycles. The second kappa shape index (κ2) is 8.73. The number of nitro benzene ring substituents is 1. The third-order valence-corrected chi connectivity index (χ3v) is 4.79. The lowest BCUT2D eigenvalue weighted by atomic mass is 10.1. The molecule has 2 aromatic carbocycles. The molecule has 7 nitrogen and oxygen atoms in total. The summed E-state index contributed by atoms with van der Waals surface area (Å²) in [6.07, 6.45) is 0. The summed E-state index contributed by atoms with van der Waals surface area (Å²) in [4.78, 5) is 13.3. The summed E-state index contributed by atoms with van der Waals surface area (Å²) in [6.45, 7) is 8.02. The van der Waals surface area contributed by atoms with Crippen molar-refractivity contribution in [2.45, 2.75) is 19.9 Å². The Bertz CT molecular complexity index is 797. The highest BCUT2D eigenvalue weighted by atomic mass is 16.6. The van der Waals surface area contributed by atoms with Crippen molar-refractivity contribution in [3.8, 4) is 5.75 Å². The summed E-state index contributed by atoms with van der Waals surface area (Å²) in [5.74, 6) is 0.834. The quantitative estimate of drug-likeness (QED) is 0.443. The van der Waals surface area contributed by atoms with Gasteiger partial charge in [0, 0.05) is 18.3 Å². The van der Waals surface area contributed by atoms with Crippen molar-refractivity contribution >= 4 is 17.1 Å². The van der Waals surface area contributed by atoms with Gasteiger partial charge in [-0.3, -0.25) is 10.1 Å². The molecule has 0 amide bonds. The molecule has 0 saturated carbocycles. The van der Waals surface area contributed by atoms with Crippen LogP contribution in [-0.4, -0.2) is 43.8 Å². The number of nitrogens with two attached hydrogens (primary N) is 1. The summed E-state index contributed by atoms with van der Waals surface area (Å²) in [7, 11) is 0. The van der Waals surface area contributed by atoms with Crippen LogP contribution in [0.1, 0.15) is 12.5 Å². The number of piperazine rings is 1. The molecule has 0 radical (unpaired) electrons. The van der Waals surface area contributed by atoms with Gasteiger partial charge in [-0.05, 0) is 37.6 Å². The molecule has 7 heteroatoms. The molecule has 1 heterocycles. The number of nitro groups is 1. The number of rotatable bonds is 7. The summed E-state index contributed by atoms with van der Waals surface area (Å²) in [5, 5.41) is 16.9. The second-order valence-corrected chi connectivity index (χ2v) is 6.95. The van der Waals surface area contributed by atoms with Gasteiger partial charge in [0.25, 0.3) is 5.69 Å². The molecule has 27 heavy (non-hydrogen) atoms. The van der Waals surface area contributed by atoms with Gasteiger partial charge in [-0.1, -0.05) is 18.2 Å². The fourth-order valence-corrected chi connectivity index (χ4v) is 3.35. The van der Waals surface area contributed by atoms with Crippen molar-refractivity contribution < 1.29 is 15.0 Å². The van der Waals surface area contributed by atoms with E-state index >= 15 is 0 Å². The van der Waals surface area contributed by atoms with Crippen molar-refractivity contribution in [2.24, 2.45) is 0 Å². The zero-order chi connectivity index (χ0) is 19.2. The minimum Gasteiger partial charge on any atom is -0.491 e. The largest absolute Gasteiger partial charge is 0.491 e. The molecule has 0 bridgehead atoms. The highest BCUT2D eigenvalue weighted by Gasteiger charge is 2.21. The van der Waals surface area contributed by atoms with Gasteiger partial charge in [0.2, 0.25) is 0 Å². The number of quaternary nitrogens is 1. The van der Waals surface area contributed by atoms with Crippen LogP contribution in [0.5, 0.6) is 5.75 Å². The molecule has 0 spiro atoms. The van der Waals surface area contributed by atoms with Crippen LogP contribution in [0.15, 0.2) is 42.5 Å². The standard InChI is InChI=1S/C20H26N4O3/c1-15-5-3-4-6-20(15)27-12-10-22-18-13-17(7-8-19(18)24(25)26)23-11-9-21-16(2)14-23/h3-8,13,16,21-22H,9-12,14H2,1-2H3/p+1/t16-/m1/s1. The SMILES string of the molecule is Cc1ccccc1OCCNc1cc(N2CC[NH2+][C@H](C)C2)ccc1[N+](=O)[O-]. The summed E-state index contributed by atoms with van der Waals surface area (Å²) >= 11 is 0. The summed E-state index contributed by atoms with van der Waals surface area (Å²) in [6, 6.07) is 13.6. The van der Waals surface area contributed by atoms with E-state index in [-0.39, 0.29) is 10.6 Å². The molecule has 0 unspecified atom stereocenters. The van der Waals surface area contributed by atoms with Crippen molar-refractivity contribution in [2.75, 3.05) is 43.0 Å². The van der Waals surface area contributed by atoms with E-state index in [4.69, 9.17) is 4.74 Å². The Morgan fingerprint density at radius 3 is 2.89 bits per heavy atom. The van der Waals surface area contributed by atoms with Crippen LogP contribution >= 0.6 is 0 Å². The Kier molecular flexibility index (Phi) is 6.13. The lowest BCUT2D eigenvalue weighted by molar-refractivity contribution is -0.687. The third kappa shape index (κ3) is 4.89. The molecule has 2 aromatic rings. The van der Waals surface area contributed by atoms with Gasteiger partial charge >= 0.3 is 0 Å². The summed E-state index contributed by atoms with van der Waals surface area (Å²) < 4.78 is 5.77. The first-order valence-corrected chi connectivity index (χ1v) is 9.33. The average molecular weight is 371 g/mol. The maximum Gasteiger partial charge on any atom is 0.292 e. The van der Waals surface area contributed by atoms with Gasteiger partial charge in [0.15, 0.2) is 0 Å². The maximum atomic E-state index is 11.4. The van der Waals surface area contributed by atoms with Crippen molar-refractivity contribution in [1.82, 2.24) is 0 Å². The molecule has 0 aliphatic carbocycles. The third-order valence-electron chi connectivity index (χ3n) is 4.79. The Morgan fingerprint density at radius 1 is 1.33 bits per heavy atom. The van der Waals surface area contributed by atoms with Crippen LogP contribution in [0.25, 0.3) is 0 Å². The van der Waals surface area contributed by atoms with E-state index in [0.29, 0.717) is 24.9 Å². The number of aryl methyl sites for hydroxylation is 1. The van der Waals surface area contributed by atoms with E-state index in [1.54, 1.807) is 6.07 Å². The van der Waals surface area contributed by atoms with Crippen LogP contribution in [0, 0.1) is 17.0 Å². The molecule has 1 atom stereocenters. The molecule has 1 saturated heterocycles. The van der Waals surface area contributed by atoms with Crippen LogP contribution < -0.4 is 20.3 Å². The van der Waals surface area contributed by atoms with Crippen LogP contribution in [0.3, 0.4) is 0 Å². The first-order valence-electron chi connectivity index (χ1n) is 9.33. The molecular weight excluding hydrogens is 344 g/mol. The first-order chi connectivity index (χ1) is 13.0. The average Bonchev–Trinajstić information content (AvgIpc) is 2.66. The minimum atomic E-state index is -0.346. The van der Waals surface area contributed by atoms with E-state index in [2.05, 4.69) is 22.5 Å². The number of hydrogen-bond acceptors (Lipinski definition) is 5. The van der Waals surface area contributed by atoms with Crippen LogP contribution in [0.4, 0.5) is 17.1 Å². The Morgan fingerprint density at radius 2 is 2.15 bits per heavy atom.